The Morgan fingerprint density at radius 3 is 2.33 bits per heavy atom. The molecule has 0 atom stereocenters. The first-order valence-corrected chi connectivity index (χ1v) is 4.05. The summed E-state index contributed by atoms with van der Waals surface area (Å²) >= 11 is 0. The summed E-state index contributed by atoms with van der Waals surface area (Å²) in [5.41, 5.74) is 1.09. The van der Waals surface area contributed by atoms with Crippen molar-refractivity contribution in [2.45, 2.75) is 20.8 Å². The zero-order valence-corrected chi connectivity index (χ0v) is 8.39. The maximum absolute atomic E-state index is 4.19. The molecule has 0 heterocycles. The molecule has 0 saturated heterocycles. The minimum atomic E-state index is 0.0710. The average molecular weight is 166 g/mol. The van der Waals surface area contributed by atoms with Crippen molar-refractivity contribution in [3.63, 3.8) is 0 Å². The number of aliphatic imine (C=N–C) groups is 1. The second-order valence-corrected chi connectivity index (χ2v) is 3.57. The lowest BCUT2D eigenvalue weighted by molar-refractivity contribution is 0.594. The first-order chi connectivity index (χ1) is 5.52. The predicted molar refractivity (Wildman–Crippen MR) is 55.3 cm³/mol. The topological polar surface area (TPSA) is 24.4 Å². The highest BCUT2D eigenvalue weighted by atomic mass is 14.8. The van der Waals surface area contributed by atoms with Crippen LogP contribution in [0.15, 0.2) is 30.0 Å². The Kier molecular flexibility index (Phi) is 4.34. The first-order valence-electron chi connectivity index (χ1n) is 4.05. The van der Waals surface area contributed by atoms with Crippen LogP contribution in [0.2, 0.25) is 0 Å². The summed E-state index contributed by atoms with van der Waals surface area (Å²) in [4.78, 5) is 4.19. The second kappa shape index (κ2) is 4.75. The minimum Gasteiger partial charge on any atom is -0.394 e. The largest absolute Gasteiger partial charge is 0.394 e. The van der Waals surface area contributed by atoms with Gasteiger partial charge >= 0.3 is 0 Å². The Morgan fingerprint density at radius 2 is 2.00 bits per heavy atom. The van der Waals surface area contributed by atoms with Gasteiger partial charge in [-0.15, -0.1) is 0 Å². The summed E-state index contributed by atoms with van der Waals surface area (Å²) in [6.07, 6.45) is 5.40. The molecular weight excluding hydrogens is 148 g/mol. The minimum absolute atomic E-state index is 0.0710. The van der Waals surface area contributed by atoms with Crippen molar-refractivity contribution in [3.8, 4) is 0 Å². The van der Waals surface area contributed by atoms with Gasteiger partial charge < -0.3 is 5.32 Å². The van der Waals surface area contributed by atoms with E-state index < -0.39 is 0 Å². The van der Waals surface area contributed by atoms with E-state index in [1.165, 1.54) is 0 Å². The molecule has 0 aliphatic heterocycles. The van der Waals surface area contributed by atoms with E-state index in [1.54, 1.807) is 6.20 Å². The Bertz CT molecular complexity index is 194. The van der Waals surface area contributed by atoms with Gasteiger partial charge in [-0.3, -0.25) is 4.99 Å². The molecule has 2 heteroatoms. The van der Waals surface area contributed by atoms with Gasteiger partial charge in [-0.1, -0.05) is 27.4 Å². The molecule has 0 aliphatic carbocycles. The van der Waals surface area contributed by atoms with Gasteiger partial charge in [0, 0.05) is 24.4 Å². The molecular formula is C10H18N2. The van der Waals surface area contributed by atoms with Crippen molar-refractivity contribution in [2.24, 2.45) is 10.4 Å². The summed E-state index contributed by atoms with van der Waals surface area (Å²) in [6, 6.07) is 0. The molecule has 0 radical (unpaired) electrons. The van der Waals surface area contributed by atoms with Crippen LogP contribution in [0.25, 0.3) is 0 Å². The van der Waals surface area contributed by atoms with Crippen LogP contribution in [0, 0.1) is 5.41 Å². The van der Waals surface area contributed by atoms with Gasteiger partial charge in [0.2, 0.25) is 0 Å². The maximum atomic E-state index is 4.19. The molecule has 0 spiro atoms. The predicted octanol–water partition coefficient (Wildman–Crippen LogP) is 2.35. The quantitative estimate of drug-likeness (QED) is 0.639. The van der Waals surface area contributed by atoms with Crippen molar-refractivity contribution in [1.82, 2.24) is 5.32 Å². The van der Waals surface area contributed by atoms with E-state index in [1.807, 2.05) is 19.3 Å². The van der Waals surface area contributed by atoms with Crippen LogP contribution in [0.5, 0.6) is 0 Å². The molecule has 0 amide bonds. The normalized spacial score (nSPS) is 13.5. The molecule has 68 valence electrons. The van der Waals surface area contributed by atoms with E-state index in [-0.39, 0.29) is 5.41 Å². The molecule has 0 aromatic carbocycles. The highest BCUT2D eigenvalue weighted by Gasteiger charge is 2.15. The van der Waals surface area contributed by atoms with Gasteiger partial charge in [-0.25, -0.2) is 0 Å². The molecule has 0 aromatic rings. The zero-order valence-electron chi connectivity index (χ0n) is 8.39. The summed E-state index contributed by atoms with van der Waals surface area (Å²) in [5, 5.41) is 2.93. The third-order valence-electron chi connectivity index (χ3n) is 1.41. The van der Waals surface area contributed by atoms with Gasteiger partial charge in [-0.05, 0) is 12.3 Å². The molecule has 1 N–H and O–H groups in total. The Balaban J connectivity index is 4.57. The first kappa shape index (κ1) is 11.0. The van der Waals surface area contributed by atoms with Crippen LogP contribution in [0.1, 0.15) is 20.8 Å². The molecule has 0 rings (SSSR count). The van der Waals surface area contributed by atoms with E-state index in [9.17, 15) is 0 Å². The molecule has 0 fully saturated rings. The van der Waals surface area contributed by atoms with Crippen LogP contribution < -0.4 is 5.32 Å². The van der Waals surface area contributed by atoms with Gasteiger partial charge in [-0.2, -0.15) is 0 Å². The summed E-state index contributed by atoms with van der Waals surface area (Å²) in [6.45, 7) is 9.94. The summed E-state index contributed by atoms with van der Waals surface area (Å²) in [7, 11) is 1.87. The Labute approximate surface area is 75.1 Å². The molecule has 12 heavy (non-hydrogen) atoms. The monoisotopic (exact) mass is 166 g/mol. The standard InChI is InChI=1S/C10H18N2/c1-6-12-9(7-8-11-5)10(2,3)4/h6-8,11H,1H2,2-5H3/b8-7-,12-9+. The third-order valence-corrected chi connectivity index (χ3v) is 1.41. The lowest BCUT2D eigenvalue weighted by atomic mass is 9.90. The van der Waals surface area contributed by atoms with Crippen LogP contribution in [0.4, 0.5) is 0 Å². The van der Waals surface area contributed by atoms with Crippen molar-refractivity contribution in [2.75, 3.05) is 7.05 Å². The van der Waals surface area contributed by atoms with Crippen molar-refractivity contribution < 1.29 is 0 Å². The van der Waals surface area contributed by atoms with Gasteiger partial charge in [0.25, 0.3) is 0 Å². The van der Waals surface area contributed by atoms with Gasteiger partial charge in [0.1, 0.15) is 0 Å². The van der Waals surface area contributed by atoms with E-state index >= 15 is 0 Å². The van der Waals surface area contributed by atoms with Gasteiger partial charge in [0.15, 0.2) is 0 Å². The molecule has 0 aliphatic rings. The van der Waals surface area contributed by atoms with Crippen LogP contribution in [-0.2, 0) is 0 Å². The highest BCUT2D eigenvalue weighted by molar-refractivity contribution is 5.99. The number of nitrogens with one attached hydrogen (secondary N) is 1. The fourth-order valence-corrected chi connectivity index (χ4v) is 0.747. The molecule has 0 unspecified atom stereocenters. The van der Waals surface area contributed by atoms with Crippen LogP contribution >= 0.6 is 0 Å². The Hall–Kier alpha value is -1.05. The fourth-order valence-electron chi connectivity index (χ4n) is 0.747. The van der Waals surface area contributed by atoms with Crippen molar-refractivity contribution in [3.05, 3.63) is 25.1 Å². The third kappa shape index (κ3) is 3.96. The number of nitrogens with zero attached hydrogens (tertiary/aromatic N) is 1. The second-order valence-electron chi connectivity index (χ2n) is 3.57. The average Bonchev–Trinajstić information content (AvgIpc) is 1.95. The maximum Gasteiger partial charge on any atom is 0.0471 e. The lowest BCUT2D eigenvalue weighted by Gasteiger charge is -2.17. The number of hydrogen-bond donors (Lipinski definition) is 1. The molecule has 0 aromatic heterocycles. The zero-order chi connectivity index (χ0) is 9.61. The summed E-state index contributed by atoms with van der Waals surface area (Å²) in [5.74, 6) is 0. The summed E-state index contributed by atoms with van der Waals surface area (Å²) < 4.78 is 0. The molecule has 0 bridgehead atoms. The lowest BCUT2D eigenvalue weighted by Crippen LogP contribution is -2.18. The van der Waals surface area contributed by atoms with Crippen molar-refractivity contribution >= 4 is 5.71 Å². The number of allylic oxidation sites excluding steroid dienone is 1. The highest BCUT2D eigenvalue weighted by Crippen LogP contribution is 2.16. The van der Waals surface area contributed by atoms with Crippen LogP contribution in [0.3, 0.4) is 0 Å². The van der Waals surface area contributed by atoms with E-state index in [0.29, 0.717) is 0 Å². The smallest absolute Gasteiger partial charge is 0.0471 e. The van der Waals surface area contributed by atoms with Crippen LogP contribution in [-0.4, -0.2) is 12.8 Å². The van der Waals surface area contributed by atoms with E-state index in [0.717, 1.165) is 5.71 Å². The molecule has 2 nitrogen and oxygen atoms in total. The Morgan fingerprint density at radius 1 is 1.42 bits per heavy atom. The number of rotatable bonds is 3. The molecule has 0 saturated carbocycles. The van der Waals surface area contributed by atoms with Crippen molar-refractivity contribution in [1.29, 1.82) is 0 Å². The van der Waals surface area contributed by atoms with Gasteiger partial charge in [0.05, 0.1) is 0 Å². The van der Waals surface area contributed by atoms with E-state index in [4.69, 9.17) is 0 Å². The SMILES string of the molecule is C=C/N=C(\C=C/NC)C(C)(C)C. The number of hydrogen-bond acceptors (Lipinski definition) is 2. The fraction of sp³-hybridized carbons (Fsp3) is 0.500. The van der Waals surface area contributed by atoms with E-state index in [2.05, 4.69) is 37.7 Å².